The highest BCUT2D eigenvalue weighted by molar-refractivity contribution is 5.58. The Morgan fingerprint density at radius 3 is 2.45 bits per heavy atom. The van der Waals surface area contributed by atoms with Gasteiger partial charge in [-0.25, -0.2) is 9.97 Å². The van der Waals surface area contributed by atoms with E-state index in [0.29, 0.717) is 5.92 Å². The molecule has 1 aromatic rings. The Kier molecular flexibility index (Phi) is 6.71. The molecule has 20 heavy (non-hydrogen) atoms. The molecule has 0 atom stereocenters. The van der Waals surface area contributed by atoms with E-state index in [1.165, 1.54) is 0 Å². The van der Waals surface area contributed by atoms with Crippen molar-refractivity contribution in [3.05, 3.63) is 11.4 Å². The smallest absolute Gasteiger partial charge is 0.137 e. The van der Waals surface area contributed by atoms with Crippen LogP contribution in [0, 0.1) is 6.92 Å². The lowest BCUT2D eigenvalue weighted by Gasteiger charge is -2.25. The molecular formula is C15H28N4O. The van der Waals surface area contributed by atoms with Crippen LogP contribution in [0.1, 0.15) is 51.4 Å². The number of anilines is 2. The first-order chi connectivity index (χ1) is 9.54. The minimum Gasteiger partial charge on any atom is -0.396 e. The van der Waals surface area contributed by atoms with Crippen molar-refractivity contribution >= 4 is 11.6 Å². The molecule has 0 unspecified atom stereocenters. The summed E-state index contributed by atoms with van der Waals surface area (Å²) >= 11 is 0. The Bertz CT molecular complexity index is 421. The Labute approximate surface area is 122 Å². The maximum absolute atomic E-state index is 9.04. The number of aromatic nitrogens is 2. The number of rotatable bonds is 8. The van der Waals surface area contributed by atoms with Crippen LogP contribution >= 0.6 is 0 Å². The molecular weight excluding hydrogens is 252 g/mol. The van der Waals surface area contributed by atoms with E-state index in [0.717, 1.165) is 49.1 Å². The van der Waals surface area contributed by atoms with Gasteiger partial charge in [0.25, 0.3) is 0 Å². The number of hydrogen-bond donors (Lipinski definition) is 2. The molecule has 5 nitrogen and oxygen atoms in total. The zero-order valence-electron chi connectivity index (χ0n) is 13.4. The second-order valence-electron chi connectivity index (χ2n) is 5.22. The van der Waals surface area contributed by atoms with E-state index < -0.39 is 0 Å². The van der Waals surface area contributed by atoms with Crippen molar-refractivity contribution in [2.24, 2.45) is 0 Å². The second-order valence-corrected chi connectivity index (χ2v) is 5.22. The fraction of sp³-hybridized carbons (Fsp3) is 0.733. The molecule has 1 heterocycles. The van der Waals surface area contributed by atoms with Crippen LogP contribution in [-0.4, -0.2) is 41.3 Å². The van der Waals surface area contributed by atoms with Crippen LogP contribution < -0.4 is 10.2 Å². The summed E-state index contributed by atoms with van der Waals surface area (Å²) in [5.74, 6) is 3.06. The summed E-state index contributed by atoms with van der Waals surface area (Å²) in [6, 6.07) is 0. The maximum atomic E-state index is 9.04. The van der Waals surface area contributed by atoms with Gasteiger partial charge < -0.3 is 15.3 Å². The van der Waals surface area contributed by atoms with Crippen LogP contribution in [0.3, 0.4) is 0 Å². The Balaban J connectivity index is 3.20. The Morgan fingerprint density at radius 1 is 1.25 bits per heavy atom. The lowest BCUT2D eigenvalue weighted by Crippen LogP contribution is -2.27. The zero-order valence-corrected chi connectivity index (χ0v) is 13.4. The molecule has 0 radical (unpaired) electrons. The van der Waals surface area contributed by atoms with E-state index in [2.05, 4.69) is 49.8 Å². The van der Waals surface area contributed by atoms with Gasteiger partial charge in [-0.05, 0) is 27.2 Å². The topological polar surface area (TPSA) is 61.3 Å². The van der Waals surface area contributed by atoms with E-state index in [1.807, 2.05) is 0 Å². The first-order valence-corrected chi connectivity index (χ1v) is 7.53. The third kappa shape index (κ3) is 4.07. The predicted octanol–water partition coefficient (Wildman–Crippen LogP) is 2.55. The van der Waals surface area contributed by atoms with Gasteiger partial charge in [-0.2, -0.15) is 0 Å². The lowest BCUT2D eigenvalue weighted by atomic mass is 10.2. The van der Waals surface area contributed by atoms with Crippen molar-refractivity contribution < 1.29 is 5.11 Å². The van der Waals surface area contributed by atoms with E-state index in [1.54, 1.807) is 0 Å². The number of hydrogen-bond acceptors (Lipinski definition) is 5. The number of nitrogens with one attached hydrogen (secondary N) is 1. The molecule has 114 valence electrons. The third-order valence-corrected chi connectivity index (χ3v) is 3.27. The predicted molar refractivity (Wildman–Crippen MR) is 84.6 cm³/mol. The van der Waals surface area contributed by atoms with Crippen LogP contribution in [0.5, 0.6) is 0 Å². The molecule has 1 aromatic heterocycles. The molecule has 0 amide bonds. The van der Waals surface area contributed by atoms with Gasteiger partial charge >= 0.3 is 0 Å². The molecule has 0 fully saturated rings. The lowest BCUT2D eigenvalue weighted by molar-refractivity contribution is 0.289. The largest absolute Gasteiger partial charge is 0.396 e. The summed E-state index contributed by atoms with van der Waals surface area (Å²) in [7, 11) is 0. The van der Waals surface area contributed by atoms with Gasteiger partial charge in [-0.1, -0.05) is 13.8 Å². The minimum atomic E-state index is 0.206. The highest BCUT2D eigenvalue weighted by Gasteiger charge is 2.16. The number of nitrogens with zero attached hydrogens (tertiary/aromatic N) is 3. The highest BCUT2D eigenvalue weighted by atomic mass is 16.3. The van der Waals surface area contributed by atoms with Gasteiger partial charge in [0.2, 0.25) is 0 Å². The average molecular weight is 280 g/mol. The molecule has 0 aliphatic heterocycles. The van der Waals surface area contributed by atoms with E-state index >= 15 is 0 Å². The molecule has 0 spiro atoms. The second kappa shape index (κ2) is 8.04. The van der Waals surface area contributed by atoms with Gasteiger partial charge in [-0.3, -0.25) is 0 Å². The molecule has 0 aliphatic rings. The summed E-state index contributed by atoms with van der Waals surface area (Å²) in [6.07, 6.45) is 0.755. The fourth-order valence-electron chi connectivity index (χ4n) is 2.10. The van der Waals surface area contributed by atoms with Gasteiger partial charge in [0.05, 0.1) is 0 Å². The van der Waals surface area contributed by atoms with Gasteiger partial charge in [-0.15, -0.1) is 0 Å². The van der Waals surface area contributed by atoms with Crippen molar-refractivity contribution in [3.63, 3.8) is 0 Å². The molecule has 0 saturated carbocycles. The summed E-state index contributed by atoms with van der Waals surface area (Å²) in [6.45, 7) is 13.2. The van der Waals surface area contributed by atoms with Crippen LogP contribution in [0.2, 0.25) is 0 Å². The quantitative estimate of drug-likeness (QED) is 0.766. The third-order valence-electron chi connectivity index (χ3n) is 3.27. The van der Waals surface area contributed by atoms with Crippen molar-refractivity contribution in [1.82, 2.24) is 9.97 Å². The van der Waals surface area contributed by atoms with Crippen LogP contribution in [0.25, 0.3) is 0 Å². The molecule has 2 N–H and O–H groups in total. The molecule has 0 saturated heterocycles. The van der Waals surface area contributed by atoms with E-state index in [4.69, 9.17) is 10.1 Å². The van der Waals surface area contributed by atoms with Crippen molar-refractivity contribution in [3.8, 4) is 0 Å². The van der Waals surface area contributed by atoms with Gasteiger partial charge in [0.15, 0.2) is 0 Å². The Hall–Kier alpha value is -1.36. The van der Waals surface area contributed by atoms with Crippen LogP contribution in [0.4, 0.5) is 11.6 Å². The molecule has 0 bridgehead atoms. The highest BCUT2D eigenvalue weighted by Crippen LogP contribution is 2.26. The summed E-state index contributed by atoms with van der Waals surface area (Å²) in [5.41, 5.74) is 1.08. The SMILES string of the molecule is CCNc1nc(C(C)C)nc(N(CC)CCCO)c1C. The van der Waals surface area contributed by atoms with Crippen molar-refractivity contribution in [2.45, 2.75) is 47.0 Å². The van der Waals surface area contributed by atoms with Crippen LogP contribution in [0.15, 0.2) is 0 Å². The van der Waals surface area contributed by atoms with E-state index in [-0.39, 0.29) is 6.61 Å². The molecule has 0 aromatic carbocycles. The van der Waals surface area contributed by atoms with Crippen molar-refractivity contribution in [2.75, 3.05) is 36.5 Å². The average Bonchev–Trinajstić information content (AvgIpc) is 2.43. The molecule has 0 aliphatic carbocycles. The molecule has 5 heteroatoms. The van der Waals surface area contributed by atoms with Crippen molar-refractivity contribution in [1.29, 1.82) is 0 Å². The zero-order chi connectivity index (χ0) is 15.1. The minimum absolute atomic E-state index is 0.206. The van der Waals surface area contributed by atoms with Gasteiger partial charge in [0, 0.05) is 37.7 Å². The summed E-state index contributed by atoms with van der Waals surface area (Å²) in [5, 5.41) is 12.4. The standard InChI is InChI=1S/C15H28N4O/c1-6-16-14-12(5)15(18-13(17-14)11(3)4)19(7-2)9-8-10-20/h11,20H,6-10H2,1-5H3,(H,16,17,18). The summed E-state index contributed by atoms with van der Waals surface area (Å²) < 4.78 is 0. The molecule has 1 rings (SSSR count). The number of aliphatic hydroxyl groups excluding tert-OH is 1. The van der Waals surface area contributed by atoms with Crippen LogP contribution in [-0.2, 0) is 0 Å². The summed E-state index contributed by atoms with van der Waals surface area (Å²) in [4.78, 5) is 11.6. The fourth-order valence-corrected chi connectivity index (χ4v) is 2.10. The maximum Gasteiger partial charge on any atom is 0.137 e. The first kappa shape index (κ1) is 16.7. The normalized spacial score (nSPS) is 10.9. The van der Waals surface area contributed by atoms with Gasteiger partial charge in [0.1, 0.15) is 17.5 Å². The monoisotopic (exact) mass is 280 g/mol. The van der Waals surface area contributed by atoms with E-state index in [9.17, 15) is 0 Å². The first-order valence-electron chi connectivity index (χ1n) is 7.53. The Morgan fingerprint density at radius 2 is 1.95 bits per heavy atom. The number of aliphatic hydroxyl groups is 1.